The van der Waals surface area contributed by atoms with Crippen LogP contribution in [0.4, 0.5) is 0 Å². The molecule has 0 aliphatic heterocycles. The molecule has 12 heavy (non-hydrogen) atoms. The number of aromatic amines is 1. The van der Waals surface area contributed by atoms with Crippen LogP contribution in [0.25, 0.3) is 0 Å². The quantitative estimate of drug-likeness (QED) is 0.643. The van der Waals surface area contributed by atoms with Gasteiger partial charge in [0.1, 0.15) is 17.8 Å². The molecule has 0 aromatic carbocycles. The summed E-state index contributed by atoms with van der Waals surface area (Å²) in [4.78, 5) is 12.7. The monoisotopic (exact) mass is 171 g/mol. The lowest BCUT2D eigenvalue weighted by atomic mass is 10.3. The Balaban J connectivity index is 2.96. The zero-order chi connectivity index (χ0) is 9.14. The molecule has 1 heterocycles. The molecule has 1 aromatic rings. The van der Waals surface area contributed by atoms with E-state index in [1.165, 1.54) is 4.68 Å². The molecule has 1 N–H and O–H groups in total. The molecule has 0 radical (unpaired) electrons. The van der Waals surface area contributed by atoms with Crippen molar-refractivity contribution in [1.82, 2.24) is 15.0 Å². The SMILES string of the molecule is CCC(C)[n+]1nn(CC)c(=O)[nH]1. The fourth-order valence-corrected chi connectivity index (χ4v) is 0.913. The Morgan fingerprint density at radius 3 is 2.75 bits per heavy atom. The number of hydrogen-bond acceptors (Lipinski definition) is 2. The number of H-pyrrole nitrogens is 1. The zero-order valence-electron chi connectivity index (χ0n) is 7.74. The highest BCUT2D eigenvalue weighted by molar-refractivity contribution is 4.45. The van der Waals surface area contributed by atoms with Crippen LogP contribution in [0.3, 0.4) is 0 Å². The summed E-state index contributed by atoms with van der Waals surface area (Å²) in [7, 11) is 0. The summed E-state index contributed by atoms with van der Waals surface area (Å²) < 4.78 is 1.41. The molecule has 5 heteroatoms. The van der Waals surface area contributed by atoms with E-state index in [2.05, 4.69) is 17.2 Å². The van der Waals surface area contributed by atoms with E-state index in [4.69, 9.17) is 0 Å². The van der Waals surface area contributed by atoms with Crippen LogP contribution >= 0.6 is 0 Å². The first-order chi connectivity index (χ1) is 5.69. The van der Waals surface area contributed by atoms with E-state index in [1.807, 2.05) is 13.8 Å². The van der Waals surface area contributed by atoms with Crippen molar-refractivity contribution in [2.24, 2.45) is 0 Å². The second-order valence-electron chi connectivity index (χ2n) is 2.82. The molecule has 0 amide bonds. The molecule has 1 rings (SSSR count). The smallest absolute Gasteiger partial charge is 0.215 e. The molecule has 0 saturated carbocycles. The van der Waals surface area contributed by atoms with Gasteiger partial charge in [0.2, 0.25) is 0 Å². The largest absolute Gasteiger partial charge is 0.465 e. The summed E-state index contributed by atoms with van der Waals surface area (Å²) in [6.45, 7) is 6.58. The fourth-order valence-electron chi connectivity index (χ4n) is 0.913. The van der Waals surface area contributed by atoms with E-state index in [1.54, 1.807) is 4.80 Å². The highest BCUT2D eigenvalue weighted by Crippen LogP contribution is 1.94. The van der Waals surface area contributed by atoms with E-state index in [0.29, 0.717) is 6.54 Å². The zero-order valence-corrected chi connectivity index (χ0v) is 7.74. The van der Waals surface area contributed by atoms with Crippen LogP contribution in [0.1, 0.15) is 33.2 Å². The summed E-state index contributed by atoms with van der Waals surface area (Å²) in [6, 6.07) is 0.255. The van der Waals surface area contributed by atoms with Gasteiger partial charge in [0.05, 0.1) is 0 Å². The molecule has 0 fully saturated rings. The third-order valence-corrected chi connectivity index (χ3v) is 1.96. The molecule has 5 nitrogen and oxygen atoms in total. The third-order valence-electron chi connectivity index (χ3n) is 1.96. The first-order valence-electron chi connectivity index (χ1n) is 4.28. The molecule has 0 spiro atoms. The van der Waals surface area contributed by atoms with Gasteiger partial charge in [-0.2, -0.15) is 0 Å². The predicted octanol–water partition coefficient (Wildman–Crippen LogP) is -0.150. The Bertz CT molecular complexity index is 301. The van der Waals surface area contributed by atoms with Gasteiger partial charge in [-0.3, -0.25) is 0 Å². The predicted molar refractivity (Wildman–Crippen MR) is 43.7 cm³/mol. The fraction of sp³-hybridized carbons (Fsp3) is 0.857. The Morgan fingerprint density at radius 1 is 1.67 bits per heavy atom. The van der Waals surface area contributed by atoms with Crippen molar-refractivity contribution in [3.05, 3.63) is 10.5 Å². The maximum atomic E-state index is 11.1. The lowest BCUT2D eigenvalue weighted by molar-refractivity contribution is -0.826. The summed E-state index contributed by atoms with van der Waals surface area (Å²) in [5.74, 6) is 0. The van der Waals surface area contributed by atoms with Gasteiger partial charge in [0.25, 0.3) is 0 Å². The van der Waals surface area contributed by atoms with Crippen molar-refractivity contribution < 1.29 is 4.80 Å². The molecule has 0 aliphatic rings. The molecular formula is C7H15N4O+. The number of tetrazole rings is 1. The van der Waals surface area contributed by atoms with Crippen molar-refractivity contribution in [3.8, 4) is 0 Å². The van der Waals surface area contributed by atoms with Crippen molar-refractivity contribution in [3.63, 3.8) is 0 Å². The lowest BCUT2D eigenvalue weighted by Crippen LogP contribution is -2.43. The van der Waals surface area contributed by atoms with Crippen molar-refractivity contribution >= 4 is 0 Å². The molecular weight excluding hydrogens is 156 g/mol. The minimum atomic E-state index is -0.141. The van der Waals surface area contributed by atoms with Crippen LogP contribution < -0.4 is 10.5 Å². The van der Waals surface area contributed by atoms with E-state index in [0.717, 1.165) is 6.42 Å². The minimum Gasteiger partial charge on any atom is -0.215 e. The first-order valence-corrected chi connectivity index (χ1v) is 4.28. The topological polar surface area (TPSA) is 54.6 Å². The van der Waals surface area contributed by atoms with Crippen molar-refractivity contribution in [1.29, 1.82) is 0 Å². The number of hydrogen-bond donors (Lipinski definition) is 1. The number of aryl methyl sites for hydroxylation is 1. The Hall–Kier alpha value is -1.13. The molecule has 1 unspecified atom stereocenters. The first kappa shape index (κ1) is 8.96. The molecule has 68 valence electrons. The maximum Gasteiger partial charge on any atom is 0.465 e. The van der Waals surface area contributed by atoms with Crippen LogP contribution in [0.15, 0.2) is 4.79 Å². The van der Waals surface area contributed by atoms with Gasteiger partial charge in [0.15, 0.2) is 0 Å². The average Bonchev–Trinajstić information content (AvgIpc) is 2.45. The number of rotatable bonds is 3. The third kappa shape index (κ3) is 1.54. The van der Waals surface area contributed by atoms with Crippen molar-refractivity contribution in [2.75, 3.05) is 0 Å². The summed E-state index contributed by atoms with van der Waals surface area (Å²) in [5.41, 5.74) is -0.141. The number of nitrogens with zero attached hydrogens (tertiary/aromatic N) is 3. The molecule has 0 saturated heterocycles. The van der Waals surface area contributed by atoms with Gasteiger partial charge in [-0.1, -0.05) is 16.4 Å². The second-order valence-corrected chi connectivity index (χ2v) is 2.82. The second kappa shape index (κ2) is 3.51. The van der Waals surface area contributed by atoms with Gasteiger partial charge in [-0.05, 0) is 20.3 Å². The van der Waals surface area contributed by atoms with E-state index >= 15 is 0 Å². The summed E-state index contributed by atoms with van der Waals surface area (Å²) in [5, 5.41) is 6.72. The number of aromatic nitrogens is 4. The molecule has 1 atom stereocenters. The summed E-state index contributed by atoms with van der Waals surface area (Å²) >= 11 is 0. The van der Waals surface area contributed by atoms with Crippen LogP contribution in [0, 0.1) is 0 Å². The normalized spacial score (nSPS) is 13.2. The van der Waals surface area contributed by atoms with Crippen molar-refractivity contribution in [2.45, 2.75) is 39.8 Å². The van der Waals surface area contributed by atoms with Gasteiger partial charge in [-0.25, -0.2) is 4.79 Å². The van der Waals surface area contributed by atoms with Gasteiger partial charge in [-0.15, -0.1) is 5.10 Å². The Kier molecular flexibility index (Phi) is 2.62. The van der Waals surface area contributed by atoms with E-state index in [-0.39, 0.29) is 11.7 Å². The van der Waals surface area contributed by atoms with Gasteiger partial charge in [0, 0.05) is 0 Å². The highest BCUT2D eigenvalue weighted by atomic mass is 16.2. The highest BCUT2D eigenvalue weighted by Gasteiger charge is 2.14. The van der Waals surface area contributed by atoms with Gasteiger partial charge < -0.3 is 0 Å². The van der Waals surface area contributed by atoms with E-state index in [9.17, 15) is 4.79 Å². The van der Waals surface area contributed by atoms with Crippen LogP contribution in [0.5, 0.6) is 0 Å². The average molecular weight is 171 g/mol. The Labute approximate surface area is 71.0 Å². The number of nitrogens with one attached hydrogen (secondary N) is 1. The van der Waals surface area contributed by atoms with Crippen LogP contribution in [-0.2, 0) is 6.54 Å². The summed E-state index contributed by atoms with van der Waals surface area (Å²) in [6.07, 6.45) is 0.960. The minimum absolute atomic E-state index is 0.141. The standard InChI is InChI=1S/C7H14N4O/c1-4-6(3)11-8-7(12)10(5-2)9-11/h6H,4-5H2,1-3H3/p+1. The molecule has 0 aliphatic carbocycles. The van der Waals surface area contributed by atoms with Crippen LogP contribution in [-0.4, -0.2) is 15.0 Å². The van der Waals surface area contributed by atoms with Crippen LogP contribution in [0.2, 0.25) is 0 Å². The maximum absolute atomic E-state index is 11.1. The van der Waals surface area contributed by atoms with E-state index < -0.39 is 0 Å². The van der Waals surface area contributed by atoms with Gasteiger partial charge >= 0.3 is 5.69 Å². The Morgan fingerprint density at radius 2 is 2.33 bits per heavy atom. The molecule has 0 bridgehead atoms. The lowest BCUT2D eigenvalue weighted by Gasteiger charge is -1.97. The molecule has 1 aromatic heterocycles.